The first-order valence-corrected chi connectivity index (χ1v) is 10.2. The molecule has 0 heterocycles. The van der Waals surface area contributed by atoms with Gasteiger partial charge in [-0.2, -0.15) is 0 Å². The number of rotatable bonds is 15. The minimum atomic E-state index is -1.74. The molecule has 3 amide bonds. The van der Waals surface area contributed by atoms with Crippen LogP contribution < -0.4 is 21.7 Å². The van der Waals surface area contributed by atoms with Crippen LogP contribution in [0.1, 0.15) is 46.5 Å². The number of aliphatic hydroxyl groups excluding tert-OH is 1. The van der Waals surface area contributed by atoms with Crippen molar-refractivity contribution in [2.45, 2.75) is 76.7 Å². The zero-order chi connectivity index (χ0) is 25.9. The number of hydrogen-bond donors (Lipinski definition) is 8. The number of carboxylic acid groups (broad SMARTS) is 3. The van der Waals surface area contributed by atoms with Gasteiger partial charge in [0.15, 0.2) is 0 Å². The van der Waals surface area contributed by atoms with Gasteiger partial charge in [0.05, 0.1) is 12.5 Å². The summed E-state index contributed by atoms with van der Waals surface area (Å²) in [7, 11) is 0. The number of amides is 3. The second-order valence-electron chi connectivity index (χ2n) is 7.95. The Hall–Kier alpha value is -3.26. The molecular weight excluding hydrogens is 444 g/mol. The molecule has 0 rings (SSSR count). The van der Waals surface area contributed by atoms with E-state index in [0.29, 0.717) is 0 Å². The lowest BCUT2D eigenvalue weighted by Crippen LogP contribution is -2.58. The van der Waals surface area contributed by atoms with Crippen LogP contribution in [-0.4, -0.2) is 86.3 Å². The summed E-state index contributed by atoms with van der Waals surface area (Å²) in [5, 5.41) is 42.9. The fourth-order valence-electron chi connectivity index (χ4n) is 2.65. The lowest BCUT2D eigenvalue weighted by atomic mass is 10.0. The average Bonchev–Trinajstić information content (AvgIpc) is 2.67. The standard InChI is InChI=1S/C19H32N4O10/c1-8(2)6-11(17(30)23-12(19(32)33)7-14(27)28)22-16(29)10(4-5-13(25)26)21-18(31)15(20)9(3)24/h8-12,15,24H,4-7,20H2,1-3H3,(H,21,31)(H,22,29)(H,23,30)(H,25,26)(H,27,28)(H,32,33). The lowest BCUT2D eigenvalue weighted by molar-refractivity contribution is -0.147. The Morgan fingerprint density at radius 3 is 1.67 bits per heavy atom. The van der Waals surface area contributed by atoms with Crippen molar-refractivity contribution in [1.29, 1.82) is 0 Å². The van der Waals surface area contributed by atoms with E-state index in [1.165, 1.54) is 6.92 Å². The zero-order valence-corrected chi connectivity index (χ0v) is 18.6. The van der Waals surface area contributed by atoms with Gasteiger partial charge >= 0.3 is 17.9 Å². The van der Waals surface area contributed by atoms with Gasteiger partial charge in [-0.25, -0.2) is 4.79 Å². The van der Waals surface area contributed by atoms with Crippen LogP contribution in [0.15, 0.2) is 0 Å². The Bertz CT molecular complexity index is 740. The van der Waals surface area contributed by atoms with Gasteiger partial charge in [-0.15, -0.1) is 0 Å². The molecule has 188 valence electrons. The van der Waals surface area contributed by atoms with E-state index >= 15 is 0 Å². The van der Waals surface area contributed by atoms with Gasteiger partial charge in [0, 0.05) is 6.42 Å². The summed E-state index contributed by atoms with van der Waals surface area (Å²) < 4.78 is 0. The van der Waals surface area contributed by atoms with Crippen molar-refractivity contribution < 1.29 is 49.2 Å². The van der Waals surface area contributed by atoms with Gasteiger partial charge in [-0.3, -0.25) is 24.0 Å². The number of nitrogens with two attached hydrogens (primary N) is 1. The number of carboxylic acids is 3. The molecular formula is C19H32N4O10. The summed E-state index contributed by atoms with van der Waals surface area (Å²) in [6.45, 7) is 4.67. The number of aliphatic hydroxyl groups is 1. The first-order valence-electron chi connectivity index (χ1n) is 10.2. The van der Waals surface area contributed by atoms with E-state index in [9.17, 15) is 33.9 Å². The third kappa shape index (κ3) is 11.8. The maximum atomic E-state index is 12.8. The van der Waals surface area contributed by atoms with E-state index in [-0.39, 0.29) is 18.8 Å². The maximum absolute atomic E-state index is 12.8. The highest BCUT2D eigenvalue weighted by atomic mass is 16.4. The summed E-state index contributed by atoms with van der Waals surface area (Å²) in [6, 6.07) is -5.86. The summed E-state index contributed by atoms with van der Waals surface area (Å²) in [5.41, 5.74) is 5.52. The molecule has 0 aromatic rings. The lowest BCUT2D eigenvalue weighted by Gasteiger charge is -2.26. The monoisotopic (exact) mass is 476 g/mol. The van der Waals surface area contributed by atoms with Crippen LogP contribution in [0, 0.1) is 5.92 Å². The second-order valence-corrected chi connectivity index (χ2v) is 7.95. The molecule has 0 aromatic carbocycles. The third-order valence-electron chi connectivity index (χ3n) is 4.44. The van der Waals surface area contributed by atoms with Gasteiger partial charge in [-0.1, -0.05) is 13.8 Å². The van der Waals surface area contributed by atoms with Crippen molar-refractivity contribution in [1.82, 2.24) is 16.0 Å². The molecule has 9 N–H and O–H groups in total. The van der Waals surface area contributed by atoms with Gasteiger partial charge in [0.1, 0.15) is 24.2 Å². The smallest absolute Gasteiger partial charge is 0.326 e. The summed E-state index contributed by atoms with van der Waals surface area (Å²) >= 11 is 0. The fraction of sp³-hybridized carbons (Fsp3) is 0.684. The molecule has 0 bridgehead atoms. The average molecular weight is 476 g/mol. The van der Waals surface area contributed by atoms with E-state index in [0.717, 1.165) is 0 Å². The Kier molecular flexibility index (Phi) is 12.6. The van der Waals surface area contributed by atoms with Gasteiger partial charge in [0.2, 0.25) is 17.7 Å². The van der Waals surface area contributed by atoms with Crippen LogP contribution in [0.5, 0.6) is 0 Å². The summed E-state index contributed by atoms with van der Waals surface area (Å²) in [6.07, 6.45) is -2.98. The minimum absolute atomic E-state index is 0.0315. The molecule has 5 atom stereocenters. The summed E-state index contributed by atoms with van der Waals surface area (Å²) in [5.74, 6) is -7.29. The van der Waals surface area contributed by atoms with E-state index in [2.05, 4.69) is 16.0 Å². The molecule has 0 aliphatic carbocycles. The predicted molar refractivity (Wildman–Crippen MR) is 112 cm³/mol. The number of carbonyl (C=O) groups excluding carboxylic acids is 3. The van der Waals surface area contributed by atoms with Crippen molar-refractivity contribution in [2.24, 2.45) is 11.7 Å². The Labute approximate surface area is 189 Å². The highest BCUT2D eigenvalue weighted by Crippen LogP contribution is 2.08. The van der Waals surface area contributed by atoms with E-state index in [4.69, 9.17) is 21.1 Å². The Morgan fingerprint density at radius 1 is 0.758 bits per heavy atom. The molecule has 0 aliphatic heterocycles. The number of hydrogen-bond acceptors (Lipinski definition) is 8. The van der Waals surface area contributed by atoms with Crippen LogP contribution in [0.25, 0.3) is 0 Å². The Morgan fingerprint density at radius 2 is 1.24 bits per heavy atom. The highest BCUT2D eigenvalue weighted by Gasteiger charge is 2.32. The quantitative estimate of drug-likeness (QED) is 0.124. The fourth-order valence-corrected chi connectivity index (χ4v) is 2.65. The first kappa shape index (κ1) is 29.7. The Balaban J connectivity index is 5.59. The third-order valence-corrected chi connectivity index (χ3v) is 4.44. The van der Waals surface area contributed by atoms with Crippen molar-refractivity contribution in [2.75, 3.05) is 0 Å². The molecule has 0 fully saturated rings. The second kappa shape index (κ2) is 14.0. The van der Waals surface area contributed by atoms with Crippen LogP contribution in [0.2, 0.25) is 0 Å². The van der Waals surface area contributed by atoms with Crippen molar-refractivity contribution in [3.63, 3.8) is 0 Å². The normalized spacial score (nSPS) is 15.5. The number of nitrogens with one attached hydrogen (secondary N) is 3. The largest absolute Gasteiger partial charge is 0.481 e. The van der Waals surface area contributed by atoms with E-state index < -0.39 is 78.7 Å². The van der Waals surface area contributed by atoms with Crippen LogP contribution >= 0.6 is 0 Å². The van der Waals surface area contributed by atoms with Gasteiger partial charge in [0.25, 0.3) is 0 Å². The molecule has 14 nitrogen and oxygen atoms in total. The number of aliphatic carboxylic acids is 3. The first-order chi connectivity index (χ1) is 15.1. The topological polar surface area (TPSA) is 245 Å². The van der Waals surface area contributed by atoms with Crippen LogP contribution in [0.3, 0.4) is 0 Å². The predicted octanol–water partition coefficient (Wildman–Crippen LogP) is -2.38. The molecule has 0 aromatic heterocycles. The van der Waals surface area contributed by atoms with E-state index in [1.54, 1.807) is 13.8 Å². The molecule has 0 spiro atoms. The van der Waals surface area contributed by atoms with Crippen molar-refractivity contribution in [3.8, 4) is 0 Å². The zero-order valence-electron chi connectivity index (χ0n) is 18.6. The molecule has 14 heteroatoms. The molecule has 0 saturated heterocycles. The van der Waals surface area contributed by atoms with E-state index in [1.807, 2.05) is 0 Å². The molecule has 0 aliphatic rings. The SMILES string of the molecule is CC(C)CC(NC(=O)C(CCC(=O)O)NC(=O)C(N)C(C)O)C(=O)NC(CC(=O)O)C(=O)O. The van der Waals surface area contributed by atoms with Gasteiger partial charge < -0.3 is 42.1 Å². The van der Waals surface area contributed by atoms with Crippen LogP contribution in [-0.2, 0) is 28.8 Å². The van der Waals surface area contributed by atoms with Crippen molar-refractivity contribution >= 4 is 35.6 Å². The van der Waals surface area contributed by atoms with Crippen LogP contribution in [0.4, 0.5) is 0 Å². The highest BCUT2D eigenvalue weighted by molar-refractivity contribution is 5.94. The maximum Gasteiger partial charge on any atom is 0.326 e. The molecule has 5 unspecified atom stereocenters. The molecule has 33 heavy (non-hydrogen) atoms. The van der Waals surface area contributed by atoms with Gasteiger partial charge in [-0.05, 0) is 25.7 Å². The summed E-state index contributed by atoms with van der Waals surface area (Å²) in [4.78, 5) is 70.5. The minimum Gasteiger partial charge on any atom is -0.481 e. The van der Waals surface area contributed by atoms with Crippen molar-refractivity contribution in [3.05, 3.63) is 0 Å². The molecule has 0 saturated carbocycles. The number of carbonyl (C=O) groups is 6. The molecule has 0 radical (unpaired) electrons.